The molecule has 0 spiro atoms. The standard InChI is InChI=1S/C18H27N3O2/c1-14-11-21(12-15-5-3-2-4-6-15)13-17(14)20-18(22)19-16-7-9-23-10-8-16/h2-6,14,16-17H,7-13H2,1H3,(H2,19,20,22)/t14-,17-/m1/s1. The first-order chi connectivity index (χ1) is 11.2. The largest absolute Gasteiger partial charge is 0.381 e. The molecule has 2 fully saturated rings. The van der Waals surface area contributed by atoms with Crippen LogP contribution in [0.25, 0.3) is 0 Å². The van der Waals surface area contributed by atoms with Gasteiger partial charge in [-0.05, 0) is 24.3 Å². The summed E-state index contributed by atoms with van der Waals surface area (Å²) < 4.78 is 5.32. The Balaban J connectivity index is 1.45. The Labute approximate surface area is 138 Å². The van der Waals surface area contributed by atoms with Crippen LogP contribution in [0.1, 0.15) is 25.3 Å². The van der Waals surface area contributed by atoms with Crippen LogP contribution in [0.3, 0.4) is 0 Å². The molecule has 2 heterocycles. The Morgan fingerprint density at radius 3 is 2.65 bits per heavy atom. The normalized spacial score (nSPS) is 26.1. The van der Waals surface area contributed by atoms with Gasteiger partial charge in [0.15, 0.2) is 0 Å². The van der Waals surface area contributed by atoms with Gasteiger partial charge in [-0.3, -0.25) is 4.90 Å². The topological polar surface area (TPSA) is 53.6 Å². The van der Waals surface area contributed by atoms with Crippen LogP contribution in [0.15, 0.2) is 30.3 Å². The van der Waals surface area contributed by atoms with Gasteiger partial charge in [-0.15, -0.1) is 0 Å². The lowest BCUT2D eigenvalue weighted by Gasteiger charge is -2.25. The van der Waals surface area contributed by atoms with Gasteiger partial charge >= 0.3 is 6.03 Å². The molecular formula is C18H27N3O2. The summed E-state index contributed by atoms with van der Waals surface area (Å²) in [6.07, 6.45) is 1.82. The molecule has 126 valence electrons. The van der Waals surface area contributed by atoms with E-state index < -0.39 is 0 Å². The van der Waals surface area contributed by atoms with Crippen molar-refractivity contribution in [1.29, 1.82) is 0 Å². The molecule has 0 aliphatic carbocycles. The lowest BCUT2D eigenvalue weighted by molar-refractivity contribution is 0.0799. The second-order valence-electron chi connectivity index (χ2n) is 6.77. The summed E-state index contributed by atoms with van der Waals surface area (Å²) in [7, 11) is 0. The van der Waals surface area contributed by atoms with Gasteiger partial charge in [-0.2, -0.15) is 0 Å². The van der Waals surface area contributed by atoms with Crippen molar-refractivity contribution in [3.8, 4) is 0 Å². The molecule has 2 N–H and O–H groups in total. The summed E-state index contributed by atoms with van der Waals surface area (Å²) in [4.78, 5) is 14.6. The summed E-state index contributed by atoms with van der Waals surface area (Å²) in [6.45, 7) is 6.59. The molecule has 23 heavy (non-hydrogen) atoms. The molecule has 0 aromatic heterocycles. The summed E-state index contributed by atoms with van der Waals surface area (Å²) in [5.41, 5.74) is 1.33. The second kappa shape index (κ2) is 7.79. The smallest absolute Gasteiger partial charge is 0.315 e. The van der Waals surface area contributed by atoms with Crippen LogP contribution >= 0.6 is 0 Å². The van der Waals surface area contributed by atoms with Crippen molar-refractivity contribution >= 4 is 6.03 Å². The highest BCUT2D eigenvalue weighted by atomic mass is 16.5. The summed E-state index contributed by atoms with van der Waals surface area (Å²) in [5.74, 6) is 0.471. The third-order valence-corrected chi connectivity index (χ3v) is 4.81. The van der Waals surface area contributed by atoms with Crippen LogP contribution in [0.2, 0.25) is 0 Å². The van der Waals surface area contributed by atoms with Crippen molar-refractivity contribution in [2.24, 2.45) is 5.92 Å². The van der Waals surface area contributed by atoms with Crippen LogP contribution in [-0.2, 0) is 11.3 Å². The van der Waals surface area contributed by atoms with Gasteiger partial charge in [0.2, 0.25) is 0 Å². The van der Waals surface area contributed by atoms with E-state index in [4.69, 9.17) is 4.74 Å². The van der Waals surface area contributed by atoms with Gasteiger partial charge in [0.05, 0.1) is 0 Å². The second-order valence-corrected chi connectivity index (χ2v) is 6.77. The molecule has 1 aromatic carbocycles. The predicted octanol–water partition coefficient (Wildman–Crippen LogP) is 1.99. The molecule has 2 atom stereocenters. The fraction of sp³-hybridized carbons (Fsp3) is 0.611. The number of carbonyl (C=O) groups is 1. The predicted molar refractivity (Wildman–Crippen MR) is 90.2 cm³/mol. The van der Waals surface area contributed by atoms with Crippen LogP contribution in [-0.4, -0.2) is 49.3 Å². The molecule has 5 nitrogen and oxygen atoms in total. The van der Waals surface area contributed by atoms with Crippen LogP contribution in [0.4, 0.5) is 4.79 Å². The van der Waals surface area contributed by atoms with E-state index >= 15 is 0 Å². The van der Waals surface area contributed by atoms with E-state index in [1.165, 1.54) is 5.56 Å². The zero-order valence-electron chi connectivity index (χ0n) is 13.8. The molecule has 0 bridgehead atoms. The number of nitrogens with one attached hydrogen (secondary N) is 2. The minimum Gasteiger partial charge on any atom is -0.381 e. The van der Waals surface area contributed by atoms with E-state index in [1.54, 1.807) is 0 Å². The average Bonchev–Trinajstić information content (AvgIpc) is 2.88. The molecule has 0 radical (unpaired) electrons. The first kappa shape index (κ1) is 16.3. The number of amides is 2. The van der Waals surface area contributed by atoms with Crippen molar-refractivity contribution in [1.82, 2.24) is 15.5 Å². The highest BCUT2D eigenvalue weighted by Gasteiger charge is 2.31. The van der Waals surface area contributed by atoms with Crippen molar-refractivity contribution < 1.29 is 9.53 Å². The monoisotopic (exact) mass is 317 g/mol. The van der Waals surface area contributed by atoms with E-state index in [0.29, 0.717) is 5.92 Å². The number of nitrogens with zero attached hydrogens (tertiary/aromatic N) is 1. The maximum Gasteiger partial charge on any atom is 0.315 e. The first-order valence-corrected chi connectivity index (χ1v) is 8.62. The Kier molecular flexibility index (Phi) is 5.51. The zero-order valence-corrected chi connectivity index (χ0v) is 13.8. The van der Waals surface area contributed by atoms with Gasteiger partial charge in [0.25, 0.3) is 0 Å². The molecule has 2 saturated heterocycles. The van der Waals surface area contributed by atoms with Crippen molar-refractivity contribution in [3.63, 3.8) is 0 Å². The van der Waals surface area contributed by atoms with Crippen molar-refractivity contribution in [2.45, 2.75) is 38.4 Å². The summed E-state index contributed by atoms with van der Waals surface area (Å²) in [6, 6.07) is 10.9. The first-order valence-electron chi connectivity index (χ1n) is 8.62. The Morgan fingerprint density at radius 1 is 1.17 bits per heavy atom. The van der Waals surface area contributed by atoms with Gasteiger partial charge < -0.3 is 15.4 Å². The molecule has 0 saturated carbocycles. The third kappa shape index (κ3) is 4.69. The Bertz CT molecular complexity index is 502. The summed E-state index contributed by atoms with van der Waals surface area (Å²) in [5, 5.41) is 6.24. The zero-order chi connectivity index (χ0) is 16.1. The minimum atomic E-state index is -0.0321. The molecule has 1 aromatic rings. The average molecular weight is 317 g/mol. The molecule has 2 aliphatic heterocycles. The number of likely N-dealkylation sites (tertiary alicyclic amines) is 1. The Hall–Kier alpha value is -1.59. The lowest BCUT2D eigenvalue weighted by Crippen LogP contribution is -2.49. The van der Waals surface area contributed by atoms with Crippen LogP contribution < -0.4 is 10.6 Å². The fourth-order valence-electron chi connectivity index (χ4n) is 3.46. The summed E-state index contributed by atoms with van der Waals surface area (Å²) >= 11 is 0. The Morgan fingerprint density at radius 2 is 1.91 bits per heavy atom. The van der Waals surface area contributed by atoms with Gasteiger partial charge in [-0.1, -0.05) is 37.3 Å². The van der Waals surface area contributed by atoms with E-state index in [9.17, 15) is 4.79 Å². The molecule has 3 rings (SSSR count). The quantitative estimate of drug-likeness (QED) is 0.893. The number of hydrogen-bond acceptors (Lipinski definition) is 3. The lowest BCUT2D eigenvalue weighted by atomic mass is 10.1. The van der Waals surface area contributed by atoms with E-state index in [2.05, 4.69) is 46.7 Å². The number of ether oxygens (including phenoxy) is 1. The SMILES string of the molecule is C[C@@H]1CN(Cc2ccccc2)C[C@H]1NC(=O)NC1CCOCC1. The van der Waals surface area contributed by atoms with E-state index in [1.807, 2.05) is 6.07 Å². The highest BCUT2D eigenvalue weighted by Crippen LogP contribution is 2.19. The van der Waals surface area contributed by atoms with Gasteiger partial charge in [0, 0.05) is 44.9 Å². The molecule has 0 unspecified atom stereocenters. The number of rotatable bonds is 4. The highest BCUT2D eigenvalue weighted by molar-refractivity contribution is 5.74. The molecule has 2 aliphatic rings. The van der Waals surface area contributed by atoms with Crippen LogP contribution in [0.5, 0.6) is 0 Å². The van der Waals surface area contributed by atoms with Crippen molar-refractivity contribution in [3.05, 3.63) is 35.9 Å². The molecule has 5 heteroatoms. The number of urea groups is 1. The third-order valence-electron chi connectivity index (χ3n) is 4.81. The number of carbonyl (C=O) groups excluding carboxylic acids is 1. The van der Waals surface area contributed by atoms with E-state index in [0.717, 1.165) is 45.7 Å². The fourth-order valence-corrected chi connectivity index (χ4v) is 3.46. The molecular weight excluding hydrogens is 290 g/mol. The number of benzene rings is 1. The maximum absolute atomic E-state index is 12.2. The minimum absolute atomic E-state index is 0.0321. The van der Waals surface area contributed by atoms with Crippen LogP contribution in [0, 0.1) is 5.92 Å². The number of hydrogen-bond donors (Lipinski definition) is 2. The maximum atomic E-state index is 12.2. The van der Waals surface area contributed by atoms with Gasteiger partial charge in [-0.25, -0.2) is 4.79 Å². The molecule has 2 amide bonds. The van der Waals surface area contributed by atoms with Crippen molar-refractivity contribution in [2.75, 3.05) is 26.3 Å². The van der Waals surface area contributed by atoms with E-state index in [-0.39, 0.29) is 18.1 Å². The van der Waals surface area contributed by atoms with Gasteiger partial charge in [0.1, 0.15) is 0 Å².